The van der Waals surface area contributed by atoms with Crippen LogP contribution in [0.1, 0.15) is 44.0 Å². The molecule has 2 aromatic rings. The summed E-state index contributed by atoms with van der Waals surface area (Å²) in [7, 11) is 0. The van der Waals surface area contributed by atoms with Crippen molar-refractivity contribution in [3.8, 4) is 0 Å². The third-order valence-corrected chi connectivity index (χ3v) is 4.74. The van der Waals surface area contributed by atoms with Crippen molar-refractivity contribution in [3.05, 3.63) is 48.0 Å². The summed E-state index contributed by atoms with van der Waals surface area (Å²) in [5.41, 5.74) is 1.16. The molecule has 4 nitrogen and oxygen atoms in total. The molecule has 1 unspecified atom stereocenters. The van der Waals surface area contributed by atoms with E-state index in [1.165, 1.54) is 12.0 Å². The first-order valence-electron chi connectivity index (χ1n) is 7.86. The first-order valence-corrected chi connectivity index (χ1v) is 7.86. The normalized spacial score (nSPS) is 18.2. The molecule has 1 aliphatic carbocycles. The maximum atomic E-state index is 10.9. The number of hydrogen-bond donors (Lipinski definition) is 1. The molecule has 1 atom stereocenters. The number of aliphatic hydroxyl groups excluding tert-OH is 1. The van der Waals surface area contributed by atoms with Crippen molar-refractivity contribution in [3.63, 3.8) is 0 Å². The second kappa shape index (κ2) is 5.98. The third-order valence-electron chi connectivity index (χ3n) is 4.74. The first-order chi connectivity index (χ1) is 10.3. The molecule has 1 N–H and O–H groups in total. The fraction of sp³-hybridized carbons (Fsp3) is 0.529. The summed E-state index contributed by atoms with van der Waals surface area (Å²) < 4.78 is 1.92. The van der Waals surface area contributed by atoms with E-state index in [9.17, 15) is 5.11 Å². The molecule has 0 bridgehead atoms. The minimum atomic E-state index is -0.395. The Balaban J connectivity index is 1.80. The molecule has 1 heterocycles. The number of aliphatic hydroxyl groups is 1. The molecule has 0 aliphatic heterocycles. The zero-order valence-electron chi connectivity index (χ0n) is 12.6. The third kappa shape index (κ3) is 2.60. The van der Waals surface area contributed by atoms with E-state index < -0.39 is 6.10 Å². The maximum absolute atomic E-state index is 10.9. The second-order valence-corrected chi connectivity index (χ2v) is 6.00. The lowest BCUT2D eigenvalue weighted by molar-refractivity contribution is 0.0265. The molecular formula is C17H23N3O. The van der Waals surface area contributed by atoms with Gasteiger partial charge in [0.25, 0.3) is 0 Å². The van der Waals surface area contributed by atoms with Crippen LogP contribution in [0.15, 0.2) is 36.7 Å². The second-order valence-electron chi connectivity index (χ2n) is 6.00. The Morgan fingerprint density at radius 1 is 1.29 bits per heavy atom. The Morgan fingerprint density at radius 3 is 2.67 bits per heavy atom. The molecule has 3 rings (SSSR count). The highest BCUT2D eigenvalue weighted by atomic mass is 16.3. The molecule has 0 spiro atoms. The van der Waals surface area contributed by atoms with Crippen molar-refractivity contribution in [2.45, 2.75) is 57.1 Å². The van der Waals surface area contributed by atoms with Crippen molar-refractivity contribution >= 4 is 0 Å². The van der Waals surface area contributed by atoms with E-state index in [-0.39, 0.29) is 5.41 Å². The lowest BCUT2D eigenvalue weighted by Gasteiger charge is -2.46. The average molecular weight is 285 g/mol. The van der Waals surface area contributed by atoms with Gasteiger partial charge in [0.05, 0.1) is 6.10 Å². The van der Waals surface area contributed by atoms with E-state index in [0.717, 1.165) is 31.6 Å². The summed E-state index contributed by atoms with van der Waals surface area (Å²) in [6.45, 7) is 2.99. The van der Waals surface area contributed by atoms with Crippen LogP contribution in [0, 0.1) is 0 Å². The summed E-state index contributed by atoms with van der Waals surface area (Å²) in [4.78, 5) is 4.33. The van der Waals surface area contributed by atoms with Gasteiger partial charge in [0.1, 0.15) is 12.2 Å². The van der Waals surface area contributed by atoms with Gasteiger partial charge in [-0.2, -0.15) is 5.10 Å². The number of hydrogen-bond acceptors (Lipinski definition) is 3. The molecule has 21 heavy (non-hydrogen) atoms. The van der Waals surface area contributed by atoms with Crippen LogP contribution in [0.3, 0.4) is 0 Å². The van der Waals surface area contributed by atoms with Crippen LogP contribution in [0.4, 0.5) is 0 Å². The number of rotatable bonds is 6. The molecule has 1 fully saturated rings. The van der Waals surface area contributed by atoms with Gasteiger partial charge >= 0.3 is 0 Å². The van der Waals surface area contributed by atoms with Gasteiger partial charge in [0.15, 0.2) is 0 Å². The lowest BCUT2D eigenvalue weighted by Crippen LogP contribution is -2.47. The van der Waals surface area contributed by atoms with Gasteiger partial charge in [0, 0.05) is 18.4 Å². The van der Waals surface area contributed by atoms with Crippen LogP contribution in [0.25, 0.3) is 0 Å². The number of aromatic nitrogens is 3. The number of aryl methyl sites for hydroxylation is 1. The van der Waals surface area contributed by atoms with Crippen LogP contribution >= 0.6 is 0 Å². The predicted octanol–water partition coefficient (Wildman–Crippen LogP) is 2.71. The molecule has 112 valence electrons. The topological polar surface area (TPSA) is 50.9 Å². The van der Waals surface area contributed by atoms with Crippen molar-refractivity contribution in [2.75, 3.05) is 0 Å². The Kier molecular flexibility index (Phi) is 4.06. The van der Waals surface area contributed by atoms with Gasteiger partial charge in [-0.15, -0.1) is 0 Å². The van der Waals surface area contributed by atoms with Crippen molar-refractivity contribution in [2.24, 2.45) is 0 Å². The summed E-state index contributed by atoms with van der Waals surface area (Å²) in [5, 5.41) is 15.1. The molecule has 1 aromatic heterocycles. The highest BCUT2D eigenvalue weighted by Gasteiger charge is 2.45. The van der Waals surface area contributed by atoms with E-state index >= 15 is 0 Å². The van der Waals surface area contributed by atoms with Crippen molar-refractivity contribution < 1.29 is 5.11 Å². The average Bonchev–Trinajstić information content (AvgIpc) is 2.86. The molecule has 1 aliphatic rings. The van der Waals surface area contributed by atoms with Crippen LogP contribution in [-0.2, 0) is 18.4 Å². The molecule has 0 saturated heterocycles. The standard InChI is InChI=1S/C17H23N3O/c1-2-11-20-16(18-13-19-20)12-15(21)17(9-6-10-17)14-7-4-3-5-8-14/h3-5,7-8,13,15,21H,2,6,9-12H2,1H3. The zero-order chi connectivity index (χ0) is 14.7. The van der Waals surface area contributed by atoms with Gasteiger partial charge in [-0.25, -0.2) is 4.98 Å². The van der Waals surface area contributed by atoms with E-state index in [0.29, 0.717) is 6.42 Å². The smallest absolute Gasteiger partial charge is 0.138 e. The first kappa shape index (κ1) is 14.3. The zero-order valence-corrected chi connectivity index (χ0v) is 12.6. The van der Waals surface area contributed by atoms with E-state index in [1.54, 1.807) is 6.33 Å². The lowest BCUT2D eigenvalue weighted by atomic mass is 9.60. The van der Waals surface area contributed by atoms with E-state index in [4.69, 9.17) is 0 Å². The van der Waals surface area contributed by atoms with Gasteiger partial charge in [-0.1, -0.05) is 43.7 Å². The Hall–Kier alpha value is -1.68. The van der Waals surface area contributed by atoms with Gasteiger partial charge in [0.2, 0.25) is 0 Å². The van der Waals surface area contributed by atoms with Crippen LogP contribution in [-0.4, -0.2) is 26.0 Å². The van der Waals surface area contributed by atoms with Crippen LogP contribution in [0.5, 0.6) is 0 Å². The van der Waals surface area contributed by atoms with Crippen molar-refractivity contribution in [1.82, 2.24) is 14.8 Å². The van der Waals surface area contributed by atoms with Crippen LogP contribution in [0.2, 0.25) is 0 Å². The fourth-order valence-corrected chi connectivity index (χ4v) is 3.36. The molecule has 4 heteroatoms. The molecule has 1 aromatic carbocycles. The van der Waals surface area contributed by atoms with Crippen LogP contribution < -0.4 is 0 Å². The largest absolute Gasteiger partial charge is 0.392 e. The van der Waals surface area contributed by atoms with E-state index in [1.807, 2.05) is 10.7 Å². The summed E-state index contributed by atoms with van der Waals surface area (Å²) in [6.07, 6.45) is 6.10. The monoisotopic (exact) mass is 285 g/mol. The number of nitrogens with zero attached hydrogens (tertiary/aromatic N) is 3. The maximum Gasteiger partial charge on any atom is 0.138 e. The Morgan fingerprint density at radius 2 is 2.05 bits per heavy atom. The molecule has 0 radical (unpaired) electrons. The molecule has 0 amide bonds. The van der Waals surface area contributed by atoms with E-state index in [2.05, 4.69) is 41.3 Å². The quantitative estimate of drug-likeness (QED) is 0.888. The number of benzene rings is 1. The fourth-order valence-electron chi connectivity index (χ4n) is 3.36. The van der Waals surface area contributed by atoms with Crippen molar-refractivity contribution in [1.29, 1.82) is 0 Å². The highest BCUT2D eigenvalue weighted by Crippen LogP contribution is 2.47. The summed E-state index contributed by atoms with van der Waals surface area (Å²) in [5.74, 6) is 0.895. The van der Waals surface area contributed by atoms with Gasteiger partial charge in [-0.05, 0) is 24.8 Å². The molecule has 1 saturated carbocycles. The Bertz CT molecular complexity index is 575. The predicted molar refractivity (Wildman–Crippen MR) is 82.0 cm³/mol. The van der Waals surface area contributed by atoms with Gasteiger partial charge in [-0.3, -0.25) is 4.68 Å². The van der Waals surface area contributed by atoms with Gasteiger partial charge < -0.3 is 5.11 Å². The summed E-state index contributed by atoms with van der Waals surface area (Å²) in [6, 6.07) is 10.4. The summed E-state index contributed by atoms with van der Waals surface area (Å²) >= 11 is 0. The Labute approximate surface area is 125 Å². The molecular weight excluding hydrogens is 262 g/mol. The SMILES string of the molecule is CCCn1ncnc1CC(O)C1(c2ccccc2)CCC1. The minimum absolute atomic E-state index is 0.0930. The highest BCUT2D eigenvalue weighted by molar-refractivity contribution is 5.30. The minimum Gasteiger partial charge on any atom is -0.392 e.